The van der Waals surface area contributed by atoms with Gasteiger partial charge in [0.1, 0.15) is 5.82 Å². The molecule has 0 aliphatic carbocycles. The number of aliphatic hydroxyl groups excluding tert-OH is 1. The van der Waals surface area contributed by atoms with Crippen LogP contribution in [0.25, 0.3) is 0 Å². The first-order valence-corrected chi connectivity index (χ1v) is 4.89. The fourth-order valence-corrected chi connectivity index (χ4v) is 1.69. The van der Waals surface area contributed by atoms with Crippen molar-refractivity contribution in [3.05, 3.63) is 16.7 Å². The highest BCUT2D eigenvalue weighted by Gasteiger charge is 2.11. The van der Waals surface area contributed by atoms with Crippen molar-refractivity contribution in [3.63, 3.8) is 0 Å². The lowest BCUT2D eigenvalue weighted by molar-refractivity contribution is 0.297. The van der Waals surface area contributed by atoms with Crippen LogP contribution in [0, 0.1) is 0 Å². The Hall–Kier alpha value is -0.540. The standard InChI is InChI=1S/C9H15ClN2O/c1-3-4-8-11-9(10)7(5-6-13)12(8)2/h13H,3-6H2,1-2H3. The van der Waals surface area contributed by atoms with Crippen molar-refractivity contribution in [2.45, 2.75) is 26.2 Å². The summed E-state index contributed by atoms with van der Waals surface area (Å²) in [5, 5.41) is 9.34. The first-order chi connectivity index (χ1) is 6.20. The molecule has 1 aromatic heterocycles. The molecule has 0 saturated heterocycles. The van der Waals surface area contributed by atoms with Crippen LogP contribution in [0.15, 0.2) is 0 Å². The zero-order valence-corrected chi connectivity index (χ0v) is 8.80. The van der Waals surface area contributed by atoms with Gasteiger partial charge in [-0.3, -0.25) is 0 Å². The van der Waals surface area contributed by atoms with Gasteiger partial charge in [-0.2, -0.15) is 0 Å². The summed E-state index contributed by atoms with van der Waals surface area (Å²) in [6.07, 6.45) is 2.56. The van der Waals surface area contributed by atoms with Crippen molar-refractivity contribution < 1.29 is 5.11 Å². The summed E-state index contributed by atoms with van der Waals surface area (Å²) in [7, 11) is 1.94. The zero-order chi connectivity index (χ0) is 9.84. The monoisotopic (exact) mass is 202 g/mol. The van der Waals surface area contributed by atoms with Crippen molar-refractivity contribution in [1.82, 2.24) is 9.55 Å². The minimum atomic E-state index is 0.116. The van der Waals surface area contributed by atoms with Crippen molar-refractivity contribution in [2.75, 3.05) is 6.61 Å². The molecule has 13 heavy (non-hydrogen) atoms. The molecule has 0 bridgehead atoms. The number of hydrogen-bond acceptors (Lipinski definition) is 2. The van der Waals surface area contributed by atoms with Crippen molar-refractivity contribution >= 4 is 11.6 Å². The van der Waals surface area contributed by atoms with Crippen LogP contribution in [-0.4, -0.2) is 21.3 Å². The zero-order valence-electron chi connectivity index (χ0n) is 8.05. The molecule has 0 unspecified atom stereocenters. The van der Waals surface area contributed by atoms with Crippen molar-refractivity contribution in [1.29, 1.82) is 0 Å². The van der Waals surface area contributed by atoms with Crippen LogP contribution in [0.2, 0.25) is 5.15 Å². The fraction of sp³-hybridized carbons (Fsp3) is 0.667. The smallest absolute Gasteiger partial charge is 0.150 e. The van der Waals surface area contributed by atoms with E-state index in [1.807, 2.05) is 11.6 Å². The molecular weight excluding hydrogens is 188 g/mol. The minimum Gasteiger partial charge on any atom is -0.396 e. The van der Waals surface area contributed by atoms with Gasteiger partial charge >= 0.3 is 0 Å². The van der Waals surface area contributed by atoms with Crippen LogP contribution in [-0.2, 0) is 19.9 Å². The highest BCUT2D eigenvalue weighted by atomic mass is 35.5. The highest BCUT2D eigenvalue weighted by Crippen LogP contribution is 2.17. The molecule has 74 valence electrons. The van der Waals surface area contributed by atoms with Crippen LogP contribution < -0.4 is 0 Å². The summed E-state index contributed by atoms with van der Waals surface area (Å²) in [5.74, 6) is 0.996. The summed E-state index contributed by atoms with van der Waals surface area (Å²) in [5.41, 5.74) is 0.924. The van der Waals surface area contributed by atoms with E-state index in [1.54, 1.807) is 0 Å². The van der Waals surface area contributed by atoms with Gasteiger partial charge in [0.25, 0.3) is 0 Å². The number of imidazole rings is 1. The van der Waals surface area contributed by atoms with Crippen LogP contribution in [0.1, 0.15) is 24.9 Å². The highest BCUT2D eigenvalue weighted by molar-refractivity contribution is 6.30. The summed E-state index contributed by atoms with van der Waals surface area (Å²) in [4.78, 5) is 4.24. The molecule has 0 amide bonds. The normalized spacial score (nSPS) is 10.8. The van der Waals surface area contributed by atoms with Crippen LogP contribution in [0.3, 0.4) is 0 Å². The number of halogens is 1. The maximum Gasteiger partial charge on any atom is 0.150 e. The van der Waals surface area contributed by atoms with E-state index in [1.165, 1.54) is 0 Å². The van der Waals surface area contributed by atoms with Gasteiger partial charge in [0.15, 0.2) is 5.15 Å². The topological polar surface area (TPSA) is 38.1 Å². The average molecular weight is 203 g/mol. The lowest BCUT2D eigenvalue weighted by atomic mass is 10.3. The second-order valence-corrected chi connectivity index (χ2v) is 3.41. The van der Waals surface area contributed by atoms with Gasteiger partial charge in [0.05, 0.1) is 5.69 Å². The van der Waals surface area contributed by atoms with Crippen molar-refractivity contribution in [2.24, 2.45) is 7.05 Å². The Morgan fingerprint density at radius 1 is 1.46 bits per heavy atom. The van der Waals surface area contributed by atoms with Gasteiger partial charge < -0.3 is 9.67 Å². The SMILES string of the molecule is CCCc1nc(Cl)c(CCO)n1C. The van der Waals surface area contributed by atoms with E-state index in [-0.39, 0.29) is 6.61 Å². The van der Waals surface area contributed by atoms with Gasteiger partial charge in [-0.25, -0.2) is 4.98 Å². The number of aryl methyl sites for hydroxylation is 1. The van der Waals surface area contributed by atoms with E-state index >= 15 is 0 Å². The average Bonchev–Trinajstić information content (AvgIpc) is 2.34. The molecule has 1 rings (SSSR count). The number of aliphatic hydroxyl groups is 1. The molecule has 4 heteroatoms. The first kappa shape index (κ1) is 10.5. The van der Waals surface area contributed by atoms with E-state index in [0.717, 1.165) is 24.4 Å². The van der Waals surface area contributed by atoms with E-state index in [4.69, 9.17) is 16.7 Å². The third-order valence-electron chi connectivity index (χ3n) is 2.08. The summed E-state index contributed by atoms with van der Waals surface area (Å²) < 4.78 is 1.97. The third kappa shape index (κ3) is 2.23. The number of hydrogen-bond donors (Lipinski definition) is 1. The lowest BCUT2D eigenvalue weighted by Gasteiger charge is -2.03. The third-order valence-corrected chi connectivity index (χ3v) is 2.38. The molecule has 0 radical (unpaired) electrons. The summed E-state index contributed by atoms with van der Waals surface area (Å²) >= 11 is 5.92. The molecule has 1 N–H and O–H groups in total. The summed E-state index contributed by atoms with van der Waals surface area (Å²) in [6, 6.07) is 0. The van der Waals surface area contributed by atoms with E-state index in [2.05, 4.69) is 11.9 Å². The van der Waals surface area contributed by atoms with Crippen molar-refractivity contribution in [3.8, 4) is 0 Å². The predicted molar refractivity (Wildman–Crippen MR) is 53.0 cm³/mol. The van der Waals surface area contributed by atoms with E-state index in [0.29, 0.717) is 11.6 Å². The molecule has 0 aliphatic heterocycles. The molecule has 0 fully saturated rings. The second-order valence-electron chi connectivity index (χ2n) is 3.05. The fourth-order valence-electron chi connectivity index (χ4n) is 1.37. The largest absolute Gasteiger partial charge is 0.396 e. The Morgan fingerprint density at radius 3 is 2.69 bits per heavy atom. The number of aromatic nitrogens is 2. The van der Waals surface area contributed by atoms with Crippen LogP contribution >= 0.6 is 11.6 Å². The Kier molecular flexibility index (Phi) is 3.75. The Labute approximate surface area is 83.4 Å². The van der Waals surface area contributed by atoms with Gasteiger partial charge in [0.2, 0.25) is 0 Å². The molecule has 0 aromatic carbocycles. The minimum absolute atomic E-state index is 0.116. The quantitative estimate of drug-likeness (QED) is 0.805. The Morgan fingerprint density at radius 2 is 2.15 bits per heavy atom. The maximum atomic E-state index is 8.81. The predicted octanol–water partition coefficient (Wildman–Crippen LogP) is 1.56. The van der Waals surface area contributed by atoms with E-state index < -0.39 is 0 Å². The van der Waals surface area contributed by atoms with Gasteiger partial charge in [-0.1, -0.05) is 18.5 Å². The van der Waals surface area contributed by atoms with Crippen LogP contribution in [0.4, 0.5) is 0 Å². The number of nitrogens with zero attached hydrogens (tertiary/aromatic N) is 2. The number of rotatable bonds is 4. The molecule has 0 spiro atoms. The Balaban J connectivity index is 2.92. The van der Waals surface area contributed by atoms with E-state index in [9.17, 15) is 0 Å². The molecule has 1 aromatic rings. The van der Waals surface area contributed by atoms with Crippen LogP contribution in [0.5, 0.6) is 0 Å². The molecular formula is C9H15ClN2O. The second kappa shape index (κ2) is 4.63. The molecule has 0 atom stereocenters. The molecule has 0 saturated carbocycles. The Bertz CT molecular complexity index is 283. The molecule has 3 nitrogen and oxygen atoms in total. The van der Waals surface area contributed by atoms with Gasteiger partial charge in [0, 0.05) is 26.5 Å². The lowest BCUT2D eigenvalue weighted by Crippen LogP contribution is -2.03. The maximum absolute atomic E-state index is 8.81. The van der Waals surface area contributed by atoms with Gasteiger partial charge in [-0.05, 0) is 6.42 Å². The first-order valence-electron chi connectivity index (χ1n) is 4.51. The molecule has 0 aliphatic rings. The summed E-state index contributed by atoms with van der Waals surface area (Å²) in [6.45, 7) is 2.22. The molecule has 1 heterocycles. The van der Waals surface area contributed by atoms with Gasteiger partial charge in [-0.15, -0.1) is 0 Å².